The Morgan fingerprint density at radius 1 is 0.476 bits per heavy atom. The van der Waals surface area contributed by atoms with Gasteiger partial charge in [-0.2, -0.15) is 0 Å². The van der Waals surface area contributed by atoms with Crippen molar-refractivity contribution in [1.82, 2.24) is 62.5 Å². The Hall–Kier alpha value is -8.96. The number of aliphatic carboxylic acids is 1. The average Bonchev–Trinajstić information content (AvgIpc) is 4.20. The molecule has 2 aromatic carbocycles. The number of aromatic hydroxyl groups is 2. The molecule has 0 radical (unpaired) electrons. The average molecular weight is 1150 g/mol. The molecular weight excluding hydrogens is 1070 g/mol. The van der Waals surface area contributed by atoms with Crippen molar-refractivity contribution in [2.45, 2.75) is 133 Å². The van der Waals surface area contributed by atoms with Crippen LogP contribution in [-0.2, 0) is 73.6 Å². The van der Waals surface area contributed by atoms with Crippen molar-refractivity contribution in [1.29, 1.82) is 0 Å². The molecule has 0 bridgehead atoms. The highest BCUT2D eigenvalue weighted by atomic mass is 16.4. The summed E-state index contributed by atoms with van der Waals surface area (Å²) in [5, 5.41) is 69.8. The zero-order chi connectivity index (χ0) is 60.6. The van der Waals surface area contributed by atoms with Gasteiger partial charge in [0, 0.05) is 49.5 Å². The van der Waals surface area contributed by atoms with Crippen LogP contribution in [0.25, 0.3) is 0 Å². The minimum atomic E-state index is -1.81. The van der Waals surface area contributed by atoms with E-state index in [1.807, 2.05) is 0 Å². The van der Waals surface area contributed by atoms with Crippen molar-refractivity contribution in [2.24, 2.45) is 23.3 Å². The van der Waals surface area contributed by atoms with Gasteiger partial charge in [0.05, 0.1) is 31.9 Å². The lowest BCUT2D eigenvalue weighted by Crippen LogP contribution is -2.61. The van der Waals surface area contributed by atoms with E-state index in [4.69, 9.17) is 11.5 Å². The third-order valence-corrected chi connectivity index (χ3v) is 12.6. The largest absolute Gasteiger partial charge is 0.508 e. The van der Waals surface area contributed by atoms with Crippen molar-refractivity contribution in [3.05, 3.63) is 96.1 Å². The fraction of sp³-hybridized carbons (Fsp3) is 0.472. The highest BCUT2D eigenvalue weighted by molar-refractivity contribution is 5.98. The van der Waals surface area contributed by atoms with Gasteiger partial charge in [0.25, 0.3) is 0 Å². The van der Waals surface area contributed by atoms with Crippen LogP contribution in [0.4, 0.5) is 0 Å². The van der Waals surface area contributed by atoms with Gasteiger partial charge < -0.3 is 89.5 Å². The number of rotatable bonds is 34. The molecule has 0 spiro atoms. The predicted octanol–water partition coefficient (Wildman–Crippen LogP) is -3.55. The van der Waals surface area contributed by atoms with E-state index in [2.05, 4.69) is 62.5 Å². The first-order valence-electron chi connectivity index (χ1n) is 26.3. The Kier molecular flexibility index (Phi) is 25.8. The molecule has 82 heavy (non-hydrogen) atoms. The number of hydrogen-bond donors (Lipinski definition) is 17. The van der Waals surface area contributed by atoms with Crippen LogP contribution in [0.2, 0.25) is 0 Å². The summed E-state index contributed by atoms with van der Waals surface area (Å²) in [5.41, 5.74) is 13.3. The van der Waals surface area contributed by atoms with Crippen molar-refractivity contribution < 1.29 is 73.5 Å². The number of nitrogens with two attached hydrogens (primary N) is 2. The van der Waals surface area contributed by atoms with Gasteiger partial charge in [0.1, 0.15) is 59.8 Å². The number of hydrogen-bond acceptors (Lipinski definition) is 17. The van der Waals surface area contributed by atoms with Gasteiger partial charge >= 0.3 is 5.97 Å². The molecule has 446 valence electrons. The molecule has 4 aromatic rings. The Bertz CT molecular complexity index is 2760. The van der Waals surface area contributed by atoms with E-state index in [0.717, 1.165) is 0 Å². The number of carbonyl (C=O) groups excluding carboxylic acids is 9. The van der Waals surface area contributed by atoms with Gasteiger partial charge in [-0.1, -0.05) is 52.0 Å². The van der Waals surface area contributed by atoms with Gasteiger partial charge in [-0.3, -0.25) is 43.2 Å². The van der Waals surface area contributed by atoms with Crippen molar-refractivity contribution in [3.8, 4) is 11.5 Å². The monoisotopic (exact) mass is 1150 g/mol. The quantitative estimate of drug-likeness (QED) is 0.0215. The van der Waals surface area contributed by atoms with Crippen LogP contribution in [0, 0.1) is 11.8 Å². The minimum absolute atomic E-state index is 0.000609. The van der Waals surface area contributed by atoms with Crippen LogP contribution in [-0.4, -0.2) is 172 Å². The fourth-order valence-corrected chi connectivity index (χ4v) is 8.23. The normalized spacial score (nSPS) is 14.5. The Morgan fingerprint density at radius 3 is 1.22 bits per heavy atom. The van der Waals surface area contributed by atoms with Crippen LogP contribution in [0.5, 0.6) is 11.5 Å². The van der Waals surface area contributed by atoms with Crippen molar-refractivity contribution >= 4 is 59.1 Å². The summed E-state index contributed by atoms with van der Waals surface area (Å²) in [7, 11) is 0. The summed E-state index contributed by atoms with van der Waals surface area (Å²) in [6.45, 7) is 4.85. The lowest BCUT2D eigenvalue weighted by atomic mass is 10.00. The van der Waals surface area contributed by atoms with Gasteiger partial charge in [-0.05, 0) is 72.9 Å². The molecule has 29 heteroatoms. The van der Waals surface area contributed by atoms with E-state index in [-0.39, 0.29) is 61.9 Å². The number of phenols is 2. The van der Waals surface area contributed by atoms with Gasteiger partial charge in [-0.15, -0.1) is 0 Å². The second kappa shape index (κ2) is 32.3. The number of amides is 9. The molecule has 19 N–H and O–H groups in total. The number of primary amides is 1. The van der Waals surface area contributed by atoms with E-state index in [0.29, 0.717) is 22.5 Å². The fourth-order valence-electron chi connectivity index (χ4n) is 8.23. The molecule has 9 atom stereocenters. The lowest BCUT2D eigenvalue weighted by molar-refractivity contribution is -0.143. The summed E-state index contributed by atoms with van der Waals surface area (Å²) in [6.07, 6.45) is 3.67. The van der Waals surface area contributed by atoms with Crippen LogP contribution in [0.1, 0.15) is 75.9 Å². The molecule has 29 nitrogen and oxygen atoms in total. The summed E-state index contributed by atoms with van der Waals surface area (Å²) in [6, 6.07) is -2.21. The molecule has 0 aliphatic heterocycles. The van der Waals surface area contributed by atoms with Crippen molar-refractivity contribution in [2.75, 3.05) is 13.2 Å². The predicted molar refractivity (Wildman–Crippen MR) is 291 cm³/mol. The smallest absolute Gasteiger partial charge is 0.326 e. The number of aliphatic hydroxyl groups is 2. The number of carboxylic acid groups (broad SMARTS) is 1. The minimum Gasteiger partial charge on any atom is -0.508 e. The highest BCUT2D eigenvalue weighted by Crippen LogP contribution is 2.15. The number of H-pyrrole nitrogens is 2. The number of carboxylic acids is 1. The first kappa shape index (κ1) is 65.6. The number of nitrogens with one attached hydrogen (secondary N) is 10. The SMILES string of the molecule is CC(C)C[C@H](NC(=O)[C@H](Cc1cnc[nH]1)NC(=O)[C@H](CO)NC(=O)[C@H](CCC(N)=O)NC(=O)[C@H](Cc1ccc(O)cc1)NC(=O)[C@H](CC(C)C)NC(=O)[C@H](CO)NC(=O)[C@H](Cc1cnc[nH]1)NC(=O)[C@@H](N)Cc1ccc(O)cc1)C(=O)O. The van der Waals surface area contributed by atoms with Gasteiger partial charge in [-0.25, -0.2) is 14.8 Å². The van der Waals surface area contributed by atoms with E-state index in [9.17, 15) is 73.5 Å². The number of imidazole rings is 2. The van der Waals surface area contributed by atoms with Crippen LogP contribution in [0.3, 0.4) is 0 Å². The third kappa shape index (κ3) is 21.9. The number of aliphatic hydroxyl groups excluding tert-OH is 2. The van der Waals surface area contributed by atoms with E-state index in [1.165, 1.54) is 61.4 Å². The number of aromatic nitrogens is 4. The molecule has 0 saturated carbocycles. The molecule has 0 aliphatic rings. The highest BCUT2D eigenvalue weighted by Gasteiger charge is 2.36. The maximum Gasteiger partial charge on any atom is 0.326 e. The van der Waals surface area contributed by atoms with Crippen LogP contribution < -0.4 is 54.0 Å². The molecule has 0 aliphatic carbocycles. The van der Waals surface area contributed by atoms with E-state index >= 15 is 0 Å². The molecule has 0 fully saturated rings. The first-order valence-corrected chi connectivity index (χ1v) is 26.3. The van der Waals surface area contributed by atoms with Gasteiger partial charge in [0.15, 0.2) is 0 Å². The Balaban J connectivity index is 1.55. The van der Waals surface area contributed by atoms with Gasteiger partial charge in [0.2, 0.25) is 53.2 Å². The third-order valence-electron chi connectivity index (χ3n) is 12.6. The van der Waals surface area contributed by atoms with Crippen LogP contribution in [0.15, 0.2) is 73.6 Å². The molecular formula is C53H74N14O15. The zero-order valence-electron chi connectivity index (χ0n) is 45.7. The molecule has 9 amide bonds. The number of nitrogens with zero attached hydrogens (tertiary/aromatic N) is 2. The Labute approximate surface area is 471 Å². The second-order valence-electron chi connectivity index (χ2n) is 20.4. The summed E-state index contributed by atoms with van der Waals surface area (Å²) >= 11 is 0. The number of carbonyl (C=O) groups is 10. The summed E-state index contributed by atoms with van der Waals surface area (Å²) in [5.74, 6) is -10.8. The second-order valence-corrected chi connectivity index (χ2v) is 20.4. The molecule has 4 rings (SSSR count). The lowest BCUT2D eigenvalue weighted by Gasteiger charge is -2.28. The first-order chi connectivity index (χ1) is 38.8. The molecule has 0 saturated heterocycles. The van der Waals surface area contributed by atoms with Crippen molar-refractivity contribution in [3.63, 3.8) is 0 Å². The standard InChI is InChI=1S/C53H74N14O15/c1-27(2)15-37(62-51(79)43(24-69)67-50(78)39(19-31-21-56-25-58-31)61-45(73)35(54)17-29-5-9-33(70)10-6-29)47(75)63-38(18-30-7-11-34(71)12-8-30)48(76)60-36(13-14-44(55)72)46(74)66-42(23-68)52(80)64-40(20-32-22-57-26-59-32)49(77)65-41(53(81)82)16-28(3)4/h5-12,21-22,25-28,35-43,68-71H,13-20,23-24,54H2,1-4H3,(H2,55,72)(H,56,58)(H,57,59)(H,60,76)(H,61,73)(H,62,79)(H,63,75)(H,64,80)(H,65,77)(H,66,74)(H,67,78)(H,81,82)/t35-,36-,37-,38-,39-,40-,41-,42-,43-/m0/s1. The maximum absolute atomic E-state index is 14.4. The summed E-state index contributed by atoms with van der Waals surface area (Å²) < 4.78 is 0. The molecule has 2 heterocycles. The molecule has 2 aromatic heterocycles. The van der Waals surface area contributed by atoms with E-state index < -0.39 is 140 Å². The van der Waals surface area contributed by atoms with E-state index in [1.54, 1.807) is 39.8 Å². The number of benzene rings is 2. The Morgan fingerprint density at radius 2 is 0.817 bits per heavy atom. The molecule has 0 unspecified atom stereocenters. The summed E-state index contributed by atoms with van der Waals surface area (Å²) in [4.78, 5) is 149. The maximum atomic E-state index is 14.4. The number of phenolic OH excluding ortho intramolecular Hbond substituents is 2. The number of aromatic amines is 2. The topological polar surface area (TPSA) is 477 Å². The zero-order valence-corrected chi connectivity index (χ0v) is 45.7. The van der Waals surface area contributed by atoms with Crippen LogP contribution >= 0.6 is 0 Å².